The van der Waals surface area contributed by atoms with Crippen LogP contribution in [0, 0.1) is 0 Å². The van der Waals surface area contributed by atoms with Crippen LogP contribution < -0.4 is 21.6 Å². The van der Waals surface area contributed by atoms with E-state index in [4.69, 9.17) is 28.4 Å². The Balaban J connectivity index is 1.99. The topological polar surface area (TPSA) is 229 Å². The number of hydrogen-bond acceptors (Lipinski definition) is 14. The highest BCUT2D eigenvalue weighted by molar-refractivity contribution is 5.87. The zero-order valence-corrected chi connectivity index (χ0v) is 29.3. The number of carbonyl (C=O) groups is 6. The molecule has 0 unspecified atom stereocenters. The van der Waals surface area contributed by atoms with Gasteiger partial charge in [0.25, 0.3) is 0 Å². The summed E-state index contributed by atoms with van der Waals surface area (Å²) in [5.41, 5.74) is -1.05. The number of esters is 3. The number of aromatic nitrogens is 2. The van der Waals surface area contributed by atoms with Gasteiger partial charge in [-0.1, -0.05) is 30.3 Å². The van der Waals surface area contributed by atoms with Crippen molar-refractivity contribution in [2.75, 3.05) is 18.5 Å². The maximum Gasteiger partial charge on any atom is 0.408 e. The second-order valence-corrected chi connectivity index (χ2v) is 12.4. The molecule has 0 aliphatic carbocycles. The molecule has 3 amide bonds. The predicted octanol–water partition coefficient (Wildman–Crippen LogP) is 1.12. The fourth-order valence-electron chi connectivity index (χ4n) is 4.92. The third-order valence-electron chi connectivity index (χ3n) is 6.83. The standard InChI is InChI=1S/C33H43N5O13/c1-18(39)34-25-13-14-38(31(44)37-25)30-28(49-21(4)42)27(48-20(3)41)26(50-30)23(17-47-19(2)40)35-29(43)24(36-32(45)51-33(5,6)7)16-46-15-22-11-9-8-10-12-22/h8-14,23-24,26-28,30H,15-17H2,1-7H3,(H,35,43)(H,36,45)(H,34,37,39,44)/t23-,24-,26-,27-,28-,30-/m1/s1. The minimum Gasteiger partial charge on any atom is -0.464 e. The maximum atomic E-state index is 13.9. The van der Waals surface area contributed by atoms with Gasteiger partial charge in [0.2, 0.25) is 11.8 Å². The van der Waals surface area contributed by atoms with E-state index in [0.717, 1.165) is 30.9 Å². The molecule has 1 aliphatic heterocycles. The van der Waals surface area contributed by atoms with Crippen molar-refractivity contribution < 1.29 is 57.2 Å². The quantitative estimate of drug-likeness (QED) is 0.184. The van der Waals surface area contributed by atoms with Crippen molar-refractivity contribution in [1.82, 2.24) is 20.2 Å². The zero-order chi connectivity index (χ0) is 37.9. The number of alkyl carbamates (subject to hydrolysis) is 1. The van der Waals surface area contributed by atoms with E-state index in [1.807, 2.05) is 18.2 Å². The number of anilines is 1. The van der Waals surface area contributed by atoms with Gasteiger partial charge in [0.05, 0.1) is 19.3 Å². The van der Waals surface area contributed by atoms with Crippen molar-refractivity contribution in [2.45, 2.75) is 97.3 Å². The van der Waals surface area contributed by atoms with E-state index in [1.54, 1.807) is 32.9 Å². The van der Waals surface area contributed by atoms with Crippen LogP contribution in [0.4, 0.5) is 10.6 Å². The first-order chi connectivity index (χ1) is 23.9. The van der Waals surface area contributed by atoms with Gasteiger partial charge in [0.15, 0.2) is 18.4 Å². The minimum absolute atomic E-state index is 0.0723. The van der Waals surface area contributed by atoms with Gasteiger partial charge in [-0.05, 0) is 32.4 Å². The van der Waals surface area contributed by atoms with Gasteiger partial charge in [-0.15, -0.1) is 0 Å². The molecule has 2 heterocycles. The van der Waals surface area contributed by atoms with Gasteiger partial charge >= 0.3 is 29.7 Å². The Hall–Kier alpha value is -5.36. The number of benzene rings is 1. The molecule has 3 N–H and O–H groups in total. The summed E-state index contributed by atoms with van der Waals surface area (Å²) in [5, 5.41) is 7.50. The number of hydrogen-bond donors (Lipinski definition) is 3. The van der Waals surface area contributed by atoms with E-state index in [2.05, 4.69) is 20.9 Å². The van der Waals surface area contributed by atoms with Crippen LogP contribution in [0.25, 0.3) is 0 Å². The fourth-order valence-corrected chi connectivity index (χ4v) is 4.92. The Morgan fingerprint density at radius 3 is 2.10 bits per heavy atom. The van der Waals surface area contributed by atoms with Gasteiger partial charge in [0, 0.05) is 33.9 Å². The van der Waals surface area contributed by atoms with Crippen molar-refractivity contribution in [2.24, 2.45) is 0 Å². The van der Waals surface area contributed by atoms with Crippen LogP contribution in [0.1, 0.15) is 60.3 Å². The summed E-state index contributed by atoms with van der Waals surface area (Å²) in [6, 6.07) is 7.63. The number of carbonyl (C=O) groups excluding carboxylic acids is 6. The van der Waals surface area contributed by atoms with E-state index in [1.165, 1.54) is 19.2 Å². The van der Waals surface area contributed by atoms with Gasteiger partial charge in [-0.2, -0.15) is 4.98 Å². The summed E-state index contributed by atoms with van der Waals surface area (Å²) in [5.74, 6) is -3.82. The molecule has 0 saturated carbocycles. The van der Waals surface area contributed by atoms with Crippen LogP contribution in [-0.2, 0) is 59.0 Å². The number of amides is 3. The molecule has 1 saturated heterocycles. The molecular weight excluding hydrogens is 674 g/mol. The fraction of sp³-hybridized carbons (Fsp3) is 0.515. The predicted molar refractivity (Wildman–Crippen MR) is 176 cm³/mol. The van der Waals surface area contributed by atoms with Gasteiger partial charge < -0.3 is 44.4 Å². The first-order valence-electron chi connectivity index (χ1n) is 15.8. The molecule has 1 aromatic heterocycles. The zero-order valence-electron chi connectivity index (χ0n) is 29.3. The van der Waals surface area contributed by atoms with Crippen molar-refractivity contribution in [3.05, 3.63) is 58.6 Å². The molecule has 3 rings (SSSR count). The number of nitrogens with one attached hydrogen (secondary N) is 3. The first kappa shape index (κ1) is 40.1. The van der Waals surface area contributed by atoms with Gasteiger partial charge in [0.1, 0.15) is 30.2 Å². The Bertz CT molecular complexity index is 1620. The average molecular weight is 718 g/mol. The van der Waals surface area contributed by atoms with Crippen molar-refractivity contribution in [1.29, 1.82) is 0 Å². The van der Waals surface area contributed by atoms with Crippen LogP contribution >= 0.6 is 0 Å². The van der Waals surface area contributed by atoms with E-state index >= 15 is 0 Å². The molecular formula is C33H43N5O13. The Morgan fingerprint density at radius 2 is 1.53 bits per heavy atom. The lowest BCUT2D eigenvalue weighted by Gasteiger charge is -2.30. The normalized spacial score (nSPS) is 19.5. The Kier molecular flexibility index (Phi) is 14.2. The molecule has 51 heavy (non-hydrogen) atoms. The molecule has 1 aromatic carbocycles. The van der Waals surface area contributed by atoms with Gasteiger partial charge in [-0.25, -0.2) is 9.59 Å². The minimum atomic E-state index is -1.49. The third-order valence-corrected chi connectivity index (χ3v) is 6.83. The summed E-state index contributed by atoms with van der Waals surface area (Å²) in [7, 11) is 0. The Labute approximate surface area is 293 Å². The molecule has 1 aliphatic rings. The summed E-state index contributed by atoms with van der Waals surface area (Å²) < 4.78 is 34.4. The van der Waals surface area contributed by atoms with Gasteiger partial charge in [-0.3, -0.25) is 28.5 Å². The summed E-state index contributed by atoms with van der Waals surface area (Å²) in [4.78, 5) is 91.6. The highest BCUT2D eigenvalue weighted by atomic mass is 16.6. The van der Waals surface area contributed by atoms with Crippen molar-refractivity contribution >= 4 is 41.6 Å². The van der Waals surface area contributed by atoms with Crippen LogP contribution in [0.15, 0.2) is 47.4 Å². The highest BCUT2D eigenvalue weighted by Crippen LogP contribution is 2.35. The van der Waals surface area contributed by atoms with Crippen molar-refractivity contribution in [3.8, 4) is 0 Å². The van der Waals surface area contributed by atoms with E-state index < -0.39 is 90.3 Å². The largest absolute Gasteiger partial charge is 0.464 e. The average Bonchev–Trinajstić information content (AvgIpc) is 3.33. The Morgan fingerprint density at radius 1 is 0.882 bits per heavy atom. The molecule has 18 heteroatoms. The van der Waals surface area contributed by atoms with E-state index in [-0.39, 0.29) is 19.0 Å². The molecule has 1 fully saturated rings. The molecule has 0 spiro atoms. The number of rotatable bonds is 14. The summed E-state index contributed by atoms with van der Waals surface area (Å²) in [6.45, 7) is 8.62. The molecule has 18 nitrogen and oxygen atoms in total. The van der Waals surface area contributed by atoms with Crippen LogP contribution in [0.5, 0.6) is 0 Å². The number of nitrogens with zero attached hydrogens (tertiary/aromatic N) is 2. The van der Waals surface area contributed by atoms with Crippen LogP contribution in [-0.4, -0.2) is 94.6 Å². The lowest BCUT2D eigenvalue weighted by Crippen LogP contribution is -2.58. The van der Waals surface area contributed by atoms with Crippen molar-refractivity contribution in [3.63, 3.8) is 0 Å². The molecule has 278 valence electrons. The highest BCUT2D eigenvalue weighted by Gasteiger charge is 2.54. The maximum absolute atomic E-state index is 13.9. The summed E-state index contributed by atoms with van der Waals surface area (Å²) >= 11 is 0. The van der Waals surface area contributed by atoms with Crippen LogP contribution in [0.3, 0.4) is 0 Å². The lowest BCUT2D eigenvalue weighted by molar-refractivity contribution is -0.166. The summed E-state index contributed by atoms with van der Waals surface area (Å²) in [6.07, 6.45) is -5.60. The van der Waals surface area contributed by atoms with E-state index in [9.17, 15) is 33.6 Å². The lowest BCUT2D eigenvalue weighted by atomic mass is 10.0. The SMILES string of the molecule is CC(=O)Nc1ccn([C@@H]2O[C@H]([C@@H](COC(C)=O)NC(=O)[C@@H](COCc3ccccc3)NC(=O)OC(C)(C)C)[C@@H](OC(C)=O)[C@H]2OC(C)=O)c(=O)n1. The smallest absolute Gasteiger partial charge is 0.408 e. The van der Waals surface area contributed by atoms with E-state index in [0.29, 0.717) is 0 Å². The second kappa shape index (κ2) is 18.0. The molecule has 0 radical (unpaired) electrons. The monoisotopic (exact) mass is 717 g/mol. The first-order valence-corrected chi connectivity index (χ1v) is 15.8. The second-order valence-electron chi connectivity index (χ2n) is 12.4. The molecule has 2 aromatic rings. The molecule has 0 bridgehead atoms. The third kappa shape index (κ3) is 12.8. The van der Waals surface area contributed by atoms with Crippen LogP contribution in [0.2, 0.25) is 0 Å². The molecule has 6 atom stereocenters. The number of ether oxygens (including phenoxy) is 6.